The molecule has 1 aromatic carbocycles. The molecule has 0 radical (unpaired) electrons. The van der Waals surface area contributed by atoms with E-state index in [1.54, 1.807) is 0 Å². The lowest BCUT2D eigenvalue weighted by molar-refractivity contribution is -0.118. The molecule has 0 aliphatic heterocycles. The summed E-state index contributed by atoms with van der Waals surface area (Å²) in [5, 5.41) is 3.19. The monoisotopic (exact) mass is 222 g/mol. The van der Waals surface area contributed by atoms with Crippen LogP contribution in [0.2, 0.25) is 0 Å². The lowest BCUT2D eigenvalue weighted by Gasteiger charge is -2.14. The van der Waals surface area contributed by atoms with Gasteiger partial charge in [-0.05, 0) is 26.0 Å². The van der Waals surface area contributed by atoms with Gasteiger partial charge in [-0.15, -0.1) is 0 Å². The molecule has 0 aliphatic rings. The molecule has 0 aromatic heterocycles. The van der Waals surface area contributed by atoms with E-state index in [2.05, 4.69) is 5.32 Å². The Morgan fingerprint density at radius 1 is 1.56 bits per heavy atom. The van der Waals surface area contributed by atoms with Crippen molar-refractivity contribution in [3.05, 3.63) is 24.3 Å². The Labute approximate surface area is 95.8 Å². The van der Waals surface area contributed by atoms with Crippen molar-refractivity contribution in [3.63, 3.8) is 0 Å². The Kier molecular flexibility index (Phi) is 4.64. The summed E-state index contributed by atoms with van der Waals surface area (Å²) in [7, 11) is 0. The first-order chi connectivity index (χ1) is 7.61. The zero-order valence-corrected chi connectivity index (χ0v) is 9.69. The van der Waals surface area contributed by atoms with E-state index >= 15 is 0 Å². The number of ether oxygens (including phenoxy) is 1. The second-order valence-electron chi connectivity index (χ2n) is 3.68. The van der Waals surface area contributed by atoms with Gasteiger partial charge in [0.05, 0.1) is 6.61 Å². The van der Waals surface area contributed by atoms with Crippen LogP contribution in [0.5, 0.6) is 5.75 Å². The van der Waals surface area contributed by atoms with Crippen LogP contribution in [0.1, 0.15) is 20.3 Å². The van der Waals surface area contributed by atoms with Crippen LogP contribution in [0.4, 0.5) is 5.69 Å². The molecule has 1 unspecified atom stereocenters. The number of carbonyl (C=O) groups excluding carboxylic acids is 1. The van der Waals surface area contributed by atoms with Gasteiger partial charge in [-0.3, -0.25) is 4.79 Å². The molecule has 1 amide bonds. The molecule has 4 heteroatoms. The van der Waals surface area contributed by atoms with Crippen LogP contribution >= 0.6 is 0 Å². The molecule has 0 heterocycles. The summed E-state index contributed by atoms with van der Waals surface area (Å²) in [6, 6.07) is 7.66. The van der Waals surface area contributed by atoms with Crippen LogP contribution < -0.4 is 15.8 Å². The molecule has 0 saturated heterocycles. The van der Waals surface area contributed by atoms with Crippen LogP contribution in [-0.4, -0.2) is 18.6 Å². The van der Waals surface area contributed by atoms with Crippen molar-refractivity contribution in [3.8, 4) is 5.75 Å². The fourth-order valence-electron chi connectivity index (χ4n) is 1.48. The first-order valence-corrected chi connectivity index (χ1v) is 5.39. The predicted octanol–water partition coefficient (Wildman–Crippen LogP) is 1.76. The molecule has 0 spiro atoms. The minimum atomic E-state index is -0.305. The Bertz CT molecular complexity index is 353. The highest BCUT2D eigenvalue weighted by Crippen LogP contribution is 2.18. The largest absolute Gasteiger partial charge is 0.494 e. The number of nitrogens with one attached hydrogen (secondary N) is 1. The minimum Gasteiger partial charge on any atom is -0.494 e. The third-order valence-corrected chi connectivity index (χ3v) is 2.07. The number of hydrogen-bond acceptors (Lipinski definition) is 3. The van der Waals surface area contributed by atoms with Crippen molar-refractivity contribution in [2.45, 2.75) is 26.3 Å². The molecule has 3 N–H and O–H groups in total. The maximum absolute atomic E-state index is 10.7. The van der Waals surface area contributed by atoms with Gasteiger partial charge < -0.3 is 15.8 Å². The van der Waals surface area contributed by atoms with E-state index in [1.165, 1.54) is 0 Å². The number of benzene rings is 1. The average Bonchev–Trinajstić information content (AvgIpc) is 2.17. The van der Waals surface area contributed by atoms with Crippen molar-refractivity contribution in [2.24, 2.45) is 5.73 Å². The topological polar surface area (TPSA) is 64.3 Å². The lowest BCUT2D eigenvalue weighted by Crippen LogP contribution is -2.23. The Hall–Kier alpha value is -1.71. The minimum absolute atomic E-state index is 0.0226. The summed E-state index contributed by atoms with van der Waals surface area (Å²) < 4.78 is 5.38. The molecular formula is C12H18N2O2. The maximum atomic E-state index is 10.7. The Morgan fingerprint density at radius 2 is 2.31 bits per heavy atom. The zero-order valence-electron chi connectivity index (χ0n) is 9.69. The smallest absolute Gasteiger partial charge is 0.219 e. The van der Waals surface area contributed by atoms with Crippen LogP contribution in [-0.2, 0) is 4.79 Å². The molecule has 1 aromatic rings. The van der Waals surface area contributed by atoms with Gasteiger partial charge >= 0.3 is 0 Å². The van der Waals surface area contributed by atoms with Gasteiger partial charge in [0.1, 0.15) is 5.75 Å². The highest BCUT2D eigenvalue weighted by Gasteiger charge is 2.05. The third kappa shape index (κ3) is 4.21. The summed E-state index contributed by atoms with van der Waals surface area (Å²) in [6.07, 6.45) is 0.318. The van der Waals surface area contributed by atoms with E-state index < -0.39 is 0 Å². The van der Waals surface area contributed by atoms with E-state index in [0.29, 0.717) is 13.0 Å². The molecule has 0 aliphatic carbocycles. The van der Waals surface area contributed by atoms with Crippen molar-refractivity contribution in [1.29, 1.82) is 0 Å². The van der Waals surface area contributed by atoms with Gasteiger partial charge in [0.2, 0.25) is 5.91 Å². The van der Waals surface area contributed by atoms with Gasteiger partial charge in [-0.2, -0.15) is 0 Å². The van der Waals surface area contributed by atoms with Gasteiger partial charge in [0, 0.05) is 24.2 Å². The SMILES string of the molecule is CCOc1cccc(NC(C)CC(N)=O)c1. The van der Waals surface area contributed by atoms with Crippen molar-refractivity contribution < 1.29 is 9.53 Å². The second-order valence-corrected chi connectivity index (χ2v) is 3.68. The van der Waals surface area contributed by atoms with Crippen LogP contribution in [0.25, 0.3) is 0 Å². The molecule has 1 atom stereocenters. The second kappa shape index (κ2) is 6.00. The standard InChI is InChI=1S/C12H18N2O2/c1-3-16-11-6-4-5-10(8-11)14-9(2)7-12(13)15/h4-6,8-9,14H,3,7H2,1-2H3,(H2,13,15). The molecule has 0 fully saturated rings. The van der Waals surface area contributed by atoms with Gasteiger partial charge in [0.15, 0.2) is 0 Å². The number of hydrogen-bond donors (Lipinski definition) is 2. The van der Waals surface area contributed by atoms with Crippen molar-refractivity contribution in [1.82, 2.24) is 0 Å². The lowest BCUT2D eigenvalue weighted by atomic mass is 10.2. The van der Waals surface area contributed by atoms with E-state index in [0.717, 1.165) is 11.4 Å². The third-order valence-electron chi connectivity index (χ3n) is 2.07. The summed E-state index contributed by atoms with van der Waals surface area (Å²) >= 11 is 0. The summed E-state index contributed by atoms with van der Waals surface area (Å²) in [6.45, 7) is 4.49. The molecular weight excluding hydrogens is 204 g/mol. The van der Waals surface area contributed by atoms with E-state index in [-0.39, 0.29) is 11.9 Å². The van der Waals surface area contributed by atoms with Crippen LogP contribution in [0, 0.1) is 0 Å². The Morgan fingerprint density at radius 3 is 2.94 bits per heavy atom. The first kappa shape index (κ1) is 12.4. The first-order valence-electron chi connectivity index (χ1n) is 5.39. The quantitative estimate of drug-likeness (QED) is 0.770. The predicted molar refractivity (Wildman–Crippen MR) is 64.5 cm³/mol. The normalized spacial score (nSPS) is 11.9. The molecule has 16 heavy (non-hydrogen) atoms. The van der Waals surface area contributed by atoms with E-state index in [1.807, 2.05) is 38.1 Å². The number of rotatable bonds is 6. The number of nitrogens with two attached hydrogens (primary N) is 1. The number of amides is 1. The maximum Gasteiger partial charge on any atom is 0.219 e. The summed E-state index contributed by atoms with van der Waals surface area (Å²) in [4.78, 5) is 10.7. The number of primary amides is 1. The molecule has 88 valence electrons. The molecule has 4 nitrogen and oxygen atoms in total. The summed E-state index contributed by atoms with van der Waals surface area (Å²) in [5.74, 6) is 0.514. The van der Waals surface area contributed by atoms with Crippen LogP contribution in [0.3, 0.4) is 0 Å². The zero-order chi connectivity index (χ0) is 12.0. The van der Waals surface area contributed by atoms with E-state index in [9.17, 15) is 4.79 Å². The van der Waals surface area contributed by atoms with E-state index in [4.69, 9.17) is 10.5 Å². The highest BCUT2D eigenvalue weighted by atomic mass is 16.5. The van der Waals surface area contributed by atoms with Crippen LogP contribution in [0.15, 0.2) is 24.3 Å². The van der Waals surface area contributed by atoms with Gasteiger partial charge in [0.25, 0.3) is 0 Å². The van der Waals surface area contributed by atoms with Crippen molar-refractivity contribution in [2.75, 3.05) is 11.9 Å². The van der Waals surface area contributed by atoms with Gasteiger partial charge in [-0.25, -0.2) is 0 Å². The highest BCUT2D eigenvalue weighted by molar-refractivity contribution is 5.74. The molecule has 0 bridgehead atoms. The fourth-order valence-corrected chi connectivity index (χ4v) is 1.48. The van der Waals surface area contributed by atoms with Gasteiger partial charge in [-0.1, -0.05) is 6.07 Å². The number of anilines is 1. The van der Waals surface area contributed by atoms with Crippen molar-refractivity contribution >= 4 is 11.6 Å². The summed E-state index contributed by atoms with van der Waals surface area (Å²) in [5.41, 5.74) is 6.05. The molecule has 1 rings (SSSR count). The number of carbonyl (C=O) groups is 1. The fraction of sp³-hybridized carbons (Fsp3) is 0.417. The molecule has 0 saturated carbocycles. The average molecular weight is 222 g/mol. The Balaban J connectivity index is 2.59.